The lowest BCUT2D eigenvalue weighted by molar-refractivity contribution is 0.0902. The van der Waals surface area contributed by atoms with Gasteiger partial charge in [0, 0.05) is 36.3 Å². The van der Waals surface area contributed by atoms with E-state index in [-0.39, 0.29) is 16.8 Å². The van der Waals surface area contributed by atoms with Crippen molar-refractivity contribution >= 4 is 11.6 Å². The number of halogens is 2. The van der Waals surface area contributed by atoms with Crippen LogP contribution in [0.1, 0.15) is 30.6 Å². The van der Waals surface area contributed by atoms with Gasteiger partial charge in [0.1, 0.15) is 12.1 Å². The Kier molecular flexibility index (Phi) is 4.79. The number of benzene rings is 1. The molecule has 0 spiro atoms. The predicted molar refractivity (Wildman–Crippen MR) is 83.9 cm³/mol. The van der Waals surface area contributed by atoms with Crippen LogP contribution in [0.4, 0.5) is 4.39 Å². The van der Waals surface area contributed by atoms with Crippen molar-refractivity contribution in [2.75, 3.05) is 19.6 Å². The molecule has 1 atom stereocenters. The lowest BCUT2D eigenvalue weighted by atomic mass is 10.0. The lowest BCUT2D eigenvalue weighted by Gasteiger charge is -2.33. The lowest BCUT2D eigenvalue weighted by Crippen LogP contribution is -2.38. The number of aromatic nitrogens is 3. The first-order valence-electron chi connectivity index (χ1n) is 7.51. The van der Waals surface area contributed by atoms with E-state index >= 15 is 0 Å². The van der Waals surface area contributed by atoms with Crippen molar-refractivity contribution < 1.29 is 9.50 Å². The summed E-state index contributed by atoms with van der Waals surface area (Å²) in [5.41, 5.74) is 0.336. The van der Waals surface area contributed by atoms with Crippen LogP contribution in [0.2, 0.25) is 5.02 Å². The maximum Gasteiger partial charge on any atom is 0.343 e. The van der Waals surface area contributed by atoms with Crippen LogP contribution in [0, 0.1) is 5.82 Å². The molecule has 8 heteroatoms. The number of nitrogens with zero attached hydrogens (tertiary/aromatic N) is 3. The number of nitrogens with one attached hydrogen (secondary N) is 1. The van der Waals surface area contributed by atoms with Gasteiger partial charge >= 0.3 is 5.69 Å². The Hall–Kier alpha value is -1.70. The summed E-state index contributed by atoms with van der Waals surface area (Å²) in [6, 6.07) is 4.14. The van der Waals surface area contributed by atoms with Gasteiger partial charge in [-0.25, -0.2) is 14.3 Å². The molecule has 1 aliphatic heterocycles. The quantitative estimate of drug-likeness (QED) is 0.889. The zero-order valence-electron chi connectivity index (χ0n) is 12.5. The fourth-order valence-corrected chi connectivity index (χ4v) is 3.30. The topological polar surface area (TPSA) is 74.2 Å². The van der Waals surface area contributed by atoms with Crippen molar-refractivity contribution in [1.29, 1.82) is 0 Å². The van der Waals surface area contributed by atoms with Crippen LogP contribution in [0.25, 0.3) is 0 Å². The van der Waals surface area contributed by atoms with Gasteiger partial charge in [0.2, 0.25) is 0 Å². The van der Waals surface area contributed by atoms with Gasteiger partial charge in [-0.1, -0.05) is 17.7 Å². The van der Waals surface area contributed by atoms with Crippen LogP contribution < -0.4 is 5.69 Å². The monoisotopic (exact) mass is 340 g/mol. The number of β-amino-alcohol motifs (C(OH)–C–C–N with tert-alkyl or cyclic N) is 1. The first-order chi connectivity index (χ1) is 11.0. The average molecular weight is 341 g/mol. The summed E-state index contributed by atoms with van der Waals surface area (Å²) in [6.45, 7) is 1.95. The Balaban J connectivity index is 1.58. The van der Waals surface area contributed by atoms with Crippen molar-refractivity contribution in [3.05, 3.63) is 51.4 Å². The number of hydrogen-bond donors (Lipinski definition) is 2. The van der Waals surface area contributed by atoms with Crippen LogP contribution in [0.5, 0.6) is 0 Å². The Morgan fingerprint density at radius 1 is 1.43 bits per heavy atom. The molecule has 3 rings (SSSR count). The second-order valence-electron chi connectivity index (χ2n) is 5.78. The minimum absolute atomic E-state index is 0.129. The SMILES string of the molecule is O=c1[nH]ncn1C1CCN(CC(O)c2ccc(F)cc2Cl)CC1. The number of aliphatic hydroxyl groups excluding tert-OH is 1. The highest BCUT2D eigenvalue weighted by molar-refractivity contribution is 6.31. The number of aliphatic hydroxyl groups is 1. The van der Waals surface area contributed by atoms with E-state index in [1.807, 2.05) is 0 Å². The van der Waals surface area contributed by atoms with E-state index in [2.05, 4.69) is 15.1 Å². The van der Waals surface area contributed by atoms with E-state index in [0.717, 1.165) is 25.9 Å². The molecule has 2 N–H and O–H groups in total. The van der Waals surface area contributed by atoms with Gasteiger partial charge in [-0.3, -0.25) is 4.57 Å². The maximum absolute atomic E-state index is 13.1. The first-order valence-corrected chi connectivity index (χ1v) is 7.89. The Bertz CT molecular complexity index is 724. The van der Waals surface area contributed by atoms with Crippen LogP contribution >= 0.6 is 11.6 Å². The van der Waals surface area contributed by atoms with E-state index in [9.17, 15) is 14.3 Å². The van der Waals surface area contributed by atoms with E-state index in [1.54, 1.807) is 4.57 Å². The summed E-state index contributed by atoms with van der Waals surface area (Å²) in [7, 11) is 0. The second-order valence-corrected chi connectivity index (χ2v) is 6.19. The number of rotatable bonds is 4. The van der Waals surface area contributed by atoms with Gasteiger partial charge in [-0.15, -0.1) is 0 Å². The molecule has 0 aliphatic carbocycles. The van der Waals surface area contributed by atoms with Crippen molar-refractivity contribution in [2.45, 2.75) is 25.0 Å². The van der Waals surface area contributed by atoms with Crippen molar-refractivity contribution in [1.82, 2.24) is 19.7 Å². The number of aromatic amines is 1. The molecule has 2 heterocycles. The molecule has 1 unspecified atom stereocenters. The first kappa shape index (κ1) is 16.2. The smallest absolute Gasteiger partial charge is 0.343 e. The second kappa shape index (κ2) is 6.82. The largest absolute Gasteiger partial charge is 0.387 e. The molecule has 0 saturated carbocycles. The maximum atomic E-state index is 13.1. The third kappa shape index (κ3) is 3.63. The number of piperidine rings is 1. The fraction of sp³-hybridized carbons (Fsp3) is 0.467. The molecular formula is C15H18ClFN4O2. The minimum atomic E-state index is -0.767. The van der Waals surface area contributed by atoms with Crippen molar-refractivity contribution in [3.63, 3.8) is 0 Å². The summed E-state index contributed by atoms with van der Waals surface area (Å²) in [5, 5.41) is 16.7. The average Bonchev–Trinajstić information content (AvgIpc) is 2.94. The van der Waals surface area contributed by atoms with Crippen LogP contribution in [-0.2, 0) is 0 Å². The minimum Gasteiger partial charge on any atom is -0.387 e. The molecule has 0 amide bonds. The molecule has 1 aromatic heterocycles. The summed E-state index contributed by atoms with van der Waals surface area (Å²) in [6.07, 6.45) is 2.37. The molecular weight excluding hydrogens is 323 g/mol. The molecule has 0 bridgehead atoms. The van der Waals surface area contributed by atoms with E-state index in [1.165, 1.54) is 24.5 Å². The molecule has 1 aliphatic rings. The molecule has 2 aromatic rings. The molecule has 1 fully saturated rings. The Morgan fingerprint density at radius 3 is 2.78 bits per heavy atom. The molecule has 1 saturated heterocycles. The number of hydrogen-bond acceptors (Lipinski definition) is 4. The van der Waals surface area contributed by atoms with Gasteiger partial charge < -0.3 is 10.0 Å². The van der Waals surface area contributed by atoms with Crippen LogP contribution in [0.15, 0.2) is 29.3 Å². The van der Waals surface area contributed by atoms with Crippen molar-refractivity contribution in [3.8, 4) is 0 Å². The normalized spacial score (nSPS) is 18.2. The molecule has 1 aromatic carbocycles. The highest BCUT2D eigenvalue weighted by Crippen LogP contribution is 2.27. The predicted octanol–water partition coefficient (Wildman–Crippen LogP) is 1.73. The summed E-state index contributed by atoms with van der Waals surface area (Å²) >= 11 is 5.98. The molecule has 0 radical (unpaired) electrons. The highest BCUT2D eigenvalue weighted by Gasteiger charge is 2.24. The standard InChI is InChI=1S/C15H18ClFN4O2/c16-13-7-10(17)1-2-12(13)14(22)8-20-5-3-11(4-6-20)21-9-18-19-15(21)23/h1-2,7,9,11,14,22H,3-6,8H2,(H,19,23). The van der Waals surface area contributed by atoms with Gasteiger partial charge in [0.25, 0.3) is 0 Å². The van der Waals surface area contributed by atoms with E-state index in [0.29, 0.717) is 12.1 Å². The summed E-state index contributed by atoms with van der Waals surface area (Å²) in [4.78, 5) is 13.7. The van der Waals surface area contributed by atoms with E-state index < -0.39 is 11.9 Å². The Morgan fingerprint density at radius 2 is 2.17 bits per heavy atom. The third-order valence-corrected chi connectivity index (χ3v) is 4.61. The third-order valence-electron chi connectivity index (χ3n) is 4.28. The number of likely N-dealkylation sites (tertiary alicyclic amines) is 1. The number of H-pyrrole nitrogens is 1. The van der Waals surface area contributed by atoms with Gasteiger partial charge in [0.15, 0.2) is 0 Å². The summed E-state index contributed by atoms with van der Waals surface area (Å²) in [5.74, 6) is -0.419. The van der Waals surface area contributed by atoms with Crippen molar-refractivity contribution in [2.24, 2.45) is 0 Å². The molecule has 23 heavy (non-hydrogen) atoms. The Labute approximate surface area is 137 Å². The van der Waals surface area contributed by atoms with Crippen LogP contribution in [-0.4, -0.2) is 44.4 Å². The zero-order valence-corrected chi connectivity index (χ0v) is 13.2. The molecule has 6 nitrogen and oxygen atoms in total. The van der Waals surface area contributed by atoms with Gasteiger partial charge in [-0.2, -0.15) is 5.10 Å². The molecule has 124 valence electrons. The zero-order chi connectivity index (χ0) is 16.4. The fourth-order valence-electron chi connectivity index (χ4n) is 3.01. The highest BCUT2D eigenvalue weighted by atomic mass is 35.5. The van der Waals surface area contributed by atoms with E-state index in [4.69, 9.17) is 11.6 Å². The van der Waals surface area contributed by atoms with Gasteiger partial charge in [0.05, 0.1) is 6.10 Å². The van der Waals surface area contributed by atoms with Crippen LogP contribution in [0.3, 0.4) is 0 Å². The van der Waals surface area contributed by atoms with Gasteiger partial charge in [-0.05, 0) is 25.0 Å². The summed E-state index contributed by atoms with van der Waals surface area (Å²) < 4.78 is 14.7.